The van der Waals surface area contributed by atoms with Crippen LogP contribution in [0.2, 0.25) is 0 Å². The fourth-order valence-electron chi connectivity index (χ4n) is 2.22. The molecule has 0 saturated carbocycles. The van der Waals surface area contributed by atoms with E-state index in [1.54, 1.807) is 11.8 Å². The number of aliphatic carboxylic acids is 1. The van der Waals surface area contributed by atoms with E-state index in [2.05, 4.69) is 43.5 Å². The highest BCUT2D eigenvalue weighted by Gasteiger charge is 2.18. The monoisotopic (exact) mass is 382 g/mol. The number of ether oxygens (including phenoxy) is 1. The fourth-order valence-corrected chi connectivity index (χ4v) is 2.69. The number of carboxylic acid groups (broad SMARTS) is 1. The molecule has 1 aromatic carbocycles. The first-order valence-corrected chi connectivity index (χ1v) is 10.1. The van der Waals surface area contributed by atoms with E-state index in [1.165, 1.54) is 5.56 Å². The third-order valence-corrected chi connectivity index (χ3v) is 4.45. The number of hydrogen-bond acceptors (Lipinski definition) is 4. The van der Waals surface area contributed by atoms with Gasteiger partial charge in [0.15, 0.2) is 0 Å². The average Bonchev–Trinajstić information content (AvgIpc) is 2.57. The molecule has 0 heterocycles. The Balaban J connectivity index is 2.25. The van der Waals surface area contributed by atoms with Crippen LogP contribution in [0.3, 0.4) is 0 Å². The zero-order chi connectivity index (χ0) is 19.6. The van der Waals surface area contributed by atoms with Crippen LogP contribution in [0.5, 0.6) is 5.75 Å². The number of rotatable bonds is 10. The van der Waals surface area contributed by atoms with Crippen molar-refractivity contribution in [1.29, 1.82) is 0 Å². The van der Waals surface area contributed by atoms with Crippen molar-refractivity contribution in [1.82, 2.24) is 10.6 Å². The molecule has 3 N–H and O–H groups in total. The molecule has 0 radical (unpaired) electrons. The quantitative estimate of drug-likeness (QED) is 0.541. The van der Waals surface area contributed by atoms with Gasteiger partial charge in [0.2, 0.25) is 0 Å². The van der Waals surface area contributed by atoms with Crippen LogP contribution < -0.4 is 15.4 Å². The van der Waals surface area contributed by atoms with Crippen LogP contribution >= 0.6 is 11.8 Å². The summed E-state index contributed by atoms with van der Waals surface area (Å²) in [6, 6.07) is 6.69. The summed E-state index contributed by atoms with van der Waals surface area (Å²) < 4.78 is 5.66. The second-order valence-electron chi connectivity index (χ2n) is 7.05. The number of hydrogen-bond donors (Lipinski definition) is 3. The second kappa shape index (κ2) is 11.0. The van der Waals surface area contributed by atoms with Crippen LogP contribution in [0.4, 0.5) is 4.79 Å². The molecule has 0 aliphatic heterocycles. The van der Waals surface area contributed by atoms with Crippen molar-refractivity contribution in [2.24, 2.45) is 0 Å². The highest BCUT2D eigenvalue weighted by atomic mass is 32.2. The van der Waals surface area contributed by atoms with Gasteiger partial charge < -0.3 is 20.5 Å². The lowest BCUT2D eigenvalue weighted by molar-refractivity contribution is -0.139. The highest BCUT2D eigenvalue weighted by Crippen LogP contribution is 2.24. The van der Waals surface area contributed by atoms with Crippen LogP contribution in [-0.4, -0.2) is 48.3 Å². The molecule has 146 valence electrons. The van der Waals surface area contributed by atoms with Crippen molar-refractivity contribution in [3.05, 3.63) is 29.8 Å². The number of benzene rings is 1. The Hall–Kier alpha value is -1.89. The van der Waals surface area contributed by atoms with Crippen molar-refractivity contribution in [3.8, 4) is 5.75 Å². The Kier molecular flexibility index (Phi) is 9.34. The fraction of sp³-hybridized carbons (Fsp3) is 0.579. The molecule has 0 spiro atoms. The van der Waals surface area contributed by atoms with Crippen molar-refractivity contribution in [2.45, 2.75) is 45.1 Å². The van der Waals surface area contributed by atoms with E-state index in [-0.39, 0.29) is 5.41 Å². The standard InChI is InChI=1S/C19H30N2O4S/c1-19(2,3)14-6-8-15(9-7-14)25-12-5-11-20-18(24)21-16(17(22)23)10-13-26-4/h6-9,16H,5,10-13H2,1-4H3,(H,22,23)(H2,20,21,24). The lowest BCUT2D eigenvalue weighted by atomic mass is 9.87. The van der Waals surface area contributed by atoms with Gasteiger partial charge in [0.25, 0.3) is 0 Å². The Labute approximate surface area is 160 Å². The predicted molar refractivity (Wildman–Crippen MR) is 106 cm³/mol. The van der Waals surface area contributed by atoms with Crippen LogP contribution in [0.1, 0.15) is 39.2 Å². The molecule has 0 saturated heterocycles. The molecule has 1 aromatic rings. The Morgan fingerprint density at radius 3 is 2.42 bits per heavy atom. The van der Waals surface area contributed by atoms with Gasteiger partial charge in [0.1, 0.15) is 11.8 Å². The van der Waals surface area contributed by atoms with Crippen LogP contribution in [-0.2, 0) is 10.2 Å². The molecule has 0 aromatic heterocycles. The minimum Gasteiger partial charge on any atom is -0.494 e. The second-order valence-corrected chi connectivity index (χ2v) is 8.03. The summed E-state index contributed by atoms with van der Waals surface area (Å²) >= 11 is 1.55. The highest BCUT2D eigenvalue weighted by molar-refractivity contribution is 7.98. The van der Waals surface area contributed by atoms with Gasteiger partial charge in [-0.1, -0.05) is 32.9 Å². The van der Waals surface area contributed by atoms with E-state index in [0.717, 1.165) is 5.75 Å². The van der Waals surface area contributed by atoms with Gasteiger partial charge in [-0.25, -0.2) is 9.59 Å². The van der Waals surface area contributed by atoms with Crippen molar-refractivity contribution < 1.29 is 19.4 Å². The van der Waals surface area contributed by atoms with Crippen molar-refractivity contribution >= 4 is 23.8 Å². The largest absolute Gasteiger partial charge is 0.494 e. The molecule has 7 heteroatoms. The Morgan fingerprint density at radius 1 is 1.23 bits per heavy atom. The van der Waals surface area contributed by atoms with Crippen LogP contribution in [0.15, 0.2) is 24.3 Å². The number of amides is 2. The van der Waals surface area contributed by atoms with Crippen molar-refractivity contribution in [3.63, 3.8) is 0 Å². The molecular weight excluding hydrogens is 352 g/mol. The van der Waals surface area contributed by atoms with Gasteiger partial charge in [0.05, 0.1) is 6.61 Å². The van der Waals surface area contributed by atoms with Crippen LogP contribution in [0, 0.1) is 0 Å². The van der Waals surface area contributed by atoms with E-state index in [1.807, 2.05) is 18.4 Å². The number of nitrogens with one attached hydrogen (secondary N) is 2. The summed E-state index contributed by atoms with van der Waals surface area (Å²) in [5.74, 6) is 0.459. The molecule has 1 atom stereocenters. The zero-order valence-electron chi connectivity index (χ0n) is 16.0. The number of urea groups is 1. The number of carboxylic acids is 1. The summed E-state index contributed by atoms with van der Waals surface area (Å²) in [7, 11) is 0. The summed E-state index contributed by atoms with van der Waals surface area (Å²) in [6.07, 6.45) is 2.93. The van der Waals surface area contributed by atoms with E-state index in [9.17, 15) is 9.59 Å². The number of thioether (sulfide) groups is 1. The molecule has 0 aliphatic carbocycles. The SMILES string of the molecule is CSCCC(NC(=O)NCCCOc1ccc(C(C)(C)C)cc1)C(=O)O. The van der Waals surface area contributed by atoms with Crippen molar-refractivity contribution in [2.75, 3.05) is 25.2 Å². The predicted octanol–water partition coefficient (Wildman–Crippen LogP) is 3.26. The summed E-state index contributed by atoms with van der Waals surface area (Å²) in [5, 5.41) is 14.2. The number of carbonyl (C=O) groups excluding carboxylic acids is 1. The lowest BCUT2D eigenvalue weighted by Crippen LogP contribution is -2.46. The smallest absolute Gasteiger partial charge is 0.326 e. The average molecular weight is 383 g/mol. The third kappa shape index (κ3) is 8.47. The maximum absolute atomic E-state index is 11.8. The Bertz CT molecular complexity index is 570. The van der Waals surface area contributed by atoms with E-state index in [4.69, 9.17) is 9.84 Å². The normalized spacial score (nSPS) is 12.3. The molecule has 0 bridgehead atoms. The molecule has 1 rings (SSSR count). The first kappa shape index (κ1) is 22.2. The summed E-state index contributed by atoms with van der Waals surface area (Å²) in [4.78, 5) is 22.8. The van der Waals surface area contributed by atoms with Gasteiger partial charge >= 0.3 is 12.0 Å². The molecular formula is C19H30N2O4S. The van der Waals surface area contributed by atoms with Gasteiger partial charge in [-0.3, -0.25) is 0 Å². The maximum Gasteiger partial charge on any atom is 0.326 e. The Morgan fingerprint density at radius 2 is 1.88 bits per heavy atom. The van der Waals surface area contributed by atoms with Gasteiger partial charge in [-0.2, -0.15) is 11.8 Å². The van der Waals surface area contributed by atoms with Gasteiger partial charge in [-0.05, 0) is 48.0 Å². The lowest BCUT2D eigenvalue weighted by Gasteiger charge is -2.19. The molecule has 6 nitrogen and oxygen atoms in total. The summed E-state index contributed by atoms with van der Waals surface area (Å²) in [6.45, 7) is 7.38. The first-order chi connectivity index (χ1) is 12.2. The molecule has 26 heavy (non-hydrogen) atoms. The molecule has 0 aliphatic rings. The minimum atomic E-state index is -1.02. The third-order valence-electron chi connectivity index (χ3n) is 3.81. The molecule has 0 fully saturated rings. The molecule has 2 amide bonds. The topological polar surface area (TPSA) is 87.7 Å². The van der Waals surface area contributed by atoms with E-state index >= 15 is 0 Å². The zero-order valence-corrected chi connectivity index (χ0v) is 16.8. The number of carbonyl (C=O) groups is 2. The summed E-state index contributed by atoms with van der Waals surface area (Å²) in [5.41, 5.74) is 1.36. The van der Waals surface area contributed by atoms with Gasteiger partial charge in [-0.15, -0.1) is 0 Å². The van der Waals surface area contributed by atoms with E-state index < -0.39 is 18.0 Å². The minimum absolute atomic E-state index is 0.111. The van der Waals surface area contributed by atoms with Gasteiger partial charge in [0, 0.05) is 6.54 Å². The molecule has 1 unspecified atom stereocenters. The first-order valence-electron chi connectivity index (χ1n) is 8.73. The van der Waals surface area contributed by atoms with E-state index in [0.29, 0.717) is 31.7 Å². The van der Waals surface area contributed by atoms with Crippen LogP contribution in [0.25, 0.3) is 0 Å². The maximum atomic E-state index is 11.8.